The van der Waals surface area contributed by atoms with Gasteiger partial charge < -0.3 is 9.84 Å². The second-order valence-corrected chi connectivity index (χ2v) is 8.26. The van der Waals surface area contributed by atoms with Gasteiger partial charge >= 0.3 is 0 Å². The molecule has 0 unspecified atom stereocenters. The van der Waals surface area contributed by atoms with E-state index >= 15 is 0 Å². The van der Waals surface area contributed by atoms with Gasteiger partial charge in [0.1, 0.15) is 12.4 Å². The lowest BCUT2D eigenvalue weighted by atomic mass is 9.92. The minimum atomic E-state index is -0.0456. The Morgan fingerprint density at radius 1 is 0.759 bits per heavy atom. The number of rotatable bonds is 3. The molecule has 6 aromatic rings. The van der Waals surface area contributed by atoms with Crippen LogP contribution in [0.2, 0.25) is 0 Å². The Kier molecular flexibility index (Phi) is 3.54. The van der Waals surface area contributed by atoms with Gasteiger partial charge in [0.15, 0.2) is 5.43 Å². The molecule has 3 nitrogen and oxygen atoms in total. The number of hydrogen-bond donors (Lipinski definition) is 1. The molecule has 0 fully saturated rings. The molecule has 0 spiro atoms. The maximum absolute atomic E-state index is 13.3. The van der Waals surface area contributed by atoms with Crippen molar-refractivity contribution in [2.24, 2.45) is 0 Å². The zero-order valence-electron chi connectivity index (χ0n) is 15.4. The molecule has 0 saturated heterocycles. The van der Waals surface area contributed by atoms with E-state index in [9.17, 15) is 9.90 Å². The standard InChI is InChI=1S/C25H16O3S/c26-11-12-28-20-13-19-14-5-1-2-7-17(14)24(27)18-10-9-16-15-6-3-4-8-21(15)29-25(20)23(16)22(18)19/h1-10,13,26H,11-12H2. The highest BCUT2D eigenvalue weighted by molar-refractivity contribution is 7.25. The second-order valence-electron chi connectivity index (χ2n) is 7.21. The first-order valence-electron chi connectivity index (χ1n) is 9.56. The molecule has 0 aliphatic carbocycles. The molecule has 29 heavy (non-hydrogen) atoms. The molecule has 0 bridgehead atoms. The average molecular weight is 396 g/mol. The van der Waals surface area contributed by atoms with Gasteiger partial charge in [-0.2, -0.15) is 0 Å². The maximum Gasteiger partial charge on any atom is 0.194 e. The molecule has 0 aliphatic heterocycles. The van der Waals surface area contributed by atoms with E-state index in [1.54, 1.807) is 11.3 Å². The van der Waals surface area contributed by atoms with Crippen LogP contribution in [0.4, 0.5) is 0 Å². The van der Waals surface area contributed by atoms with E-state index < -0.39 is 0 Å². The highest BCUT2D eigenvalue weighted by Crippen LogP contribution is 2.46. The van der Waals surface area contributed by atoms with Gasteiger partial charge in [0.25, 0.3) is 0 Å². The largest absolute Gasteiger partial charge is 0.490 e. The normalized spacial score (nSPS) is 12.0. The van der Waals surface area contributed by atoms with Gasteiger partial charge in [-0.25, -0.2) is 0 Å². The minimum absolute atomic E-state index is 0.0456. The molecule has 5 aromatic carbocycles. The second kappa shape index (κ2) is 6.14. The SMILES string of the molecule is O=c1c2ccccc2c2cc(OCCO)c3sc4ccccc4c4ccc1c2c34. The van der Waals surface area contributed by atoms with Gasteiger partial charge in [-0.15, -0.1) is 11.3 Å². The van der Waals surface area contributed by atoms with E-state index in [1.807, 2.05) is 48.5 Å². The summed E-state index contributed by atoms with van der Waals surface area (Å²) >= 11 is 1.67. The highest BCUT2D eigenvalue weighted by atomic mass is 32.1. The predicted molar refractivity (Wildman–Crippen MR) is 122 cm³/mol. The third kappa shape index (κ3) is 2.24. The zero-order chi connectivity index (χ0) is 19.5. The van der Waals surface area contributed by atoms with Crippen LogP contribution in [0, 0.1) is 0 Å². The van der Waals surface area contributed by atoms with Crippen molar-refractivity contribution < 1.29 is 9.84 Å². The van der Waals surface area contributed by atoms with Crippen molar-refractivity contribution in [2.45, 2.75) is 0 Å². The Hall–Kier alpha value is -3.21. The van der Waals surface area contributed by atoms with Crippen LogP contribution in [0.5, 0.6) is 5.75 Å². The third-order valence-electron chi connectivity index (χ3n) is 5.65. The molecule has 1 aromatic heterocycles. The summed E-state index contributed by atoms with van der Waals surface area (Å²) in [6, 6.07) is 22.1. The van der Waals surface area contributed by atoms with E-state index in [0.717, 1.165) is 48.2 Å². The Bertz CT molecular complexity index is 1610. The van der Waals surface area contributed by atoms with E-state index in [2.05, 4.69) is 18.2 Å². The number of benzene rings is 5. The number of fused-ring (bicyclic) bond motifs is 4. The van der Waals surface area contributed by atoms with Gasteiger partial charge in [0, 0.05) is 26.2 Å². The zero-order valence-corrected chi connectivity index (χ0v) is 16.3. The number of aliphatic hydroxyl groups is 1. The summed E-state index contributed by atoms with van der Waals surface area (Å²) in [5.41, 5.74) is 0.0680. The van der Waals surface area contributed by atoms with Crippen LogP contribution >= 0.6 is 11.3 Å². The number of aliphatic hydroxyl groups excluding tert-OH is 1. The van der Waals surface area contributed by atoms with Crippen molar-refractivity contribution in [3.05, 3.63) is 77.0 Å². The van der Waals surface area contributed by atoms with Gasteiger partial charge in [-0.05, 0) is 39.7 Å². The molecule has 140 valence electrons. The fourth-order valence-corrected chi connectivity index (χ4v) is 5.64. The first-order chi connectivity index (χ1) is 14.3. The van der Waals surface area contributed by atoms with Crippen molar-refractivity contribution in [1.29, 1.82) is 0 Å². The number of hydrogen-bond acceptors (Lipinski definition) is 4. The van der Waals surface area contributed by atoms with Gasteiger partial charge in [0.05, 0.1) is 11.3 Å². The Morgan fingerprint density at radius 3 is 2.31 bits per heavy atom. The van der Waals surface area contributed by atoms with Crippen molar-refractivity contribution in [1.82, 2.24) is 0 Å². The summed E-state index contributed by atoms with van der Waals surface area (Å²) in [6.45, 7) is 0.186. The van der Waals surface area contributed by atoms with Crippen molar-refractivity contribution in [3.8, 4) is 5.75 Å². The first kappa shape index (κ1) is 16.7. The van der Waals surface area contributed by atoms with Crippen LogP contribution in [-0.4, -0.2) is 18.3 Å². The van der Waals surface area contributed by atoms with E-state index in [0.29, 0.717) is 0 Å². The van der Waals surface area contributed by atoms with Crippen LogP contribution in [0.1, 0.15) is 0 Å². The first-order valence-corrected chi connectivity index (χ1v) is 10.4. The topological polar surface area (TPSA) is 46.5 Å². The lowest BCUT2D eigenvalue weighted by molar-refractivity contribution is 0.203. The molecule has 1 heterocycles. The smallest absolute Gasteiger partial charge is 0.194 e. The molecule has 1 N–H and O–H groups in total. The highest BCUT2D eigenvalue weighted by Gasteiger charge is 2.19. The number of ether oxygens (including phenoxy) is 1. The molecule has 4 heteroatoms. The average Bonchev–Trinajstić information content (AvgIpc) is 2.77. The molecular formula is C25H16O3S. The van der Waals surface area contributed by atoms with Crippen LogP contribution in [0.15, 0.2) is 71.5 Å². The van der Waals surface area contributed by atoms with Gasteiger partial charge in [-0.1, -0.05) is 48.5 Å². The predicted octanol–water partition coefficient (Wildman–Crippen LogP) is 5.68. The fourth-order valence-electron chi connectivity index (χ4n) is 4.45. The summed E-state index contributed by atoms with van der Waals surface area (Å²) in [5, 5.41) is 17.1. The molecule has 0 atom stereocenters. The lowest BCUT2D eigenvalue weighted by Crippen LogP contribution is -2.05. The quantitative estimate of drug-likeness (QED) is 0.309. The third-order valence-corrected chi connectivity index (χ3v) is 6.83. The van der Waals surface area contributed by atoms with E-state index in [-0.39, 0.29) is 18.6 Å². The summed E-state index contributed by atoms with van der Waals surface area (Å²) in [6.07, 6.45) is 0. The molecule has 6 rings (SSSR count). The van der Waals surface area contributed by atoms with Gasteiger partial charge in [0.2, 0.25) is 0 Å². The molecule has 0 radical (unpaired) electrons. The summed E-state index contributed by atoms with van der Waals surface area (Å²) in [4.78, 5) is 13.3. The Morgan fingerprint density at radius 2 is 1.48 bits per heavy atom. The van der Waals surface area contributed by atoms with Gasteiger partial charge in [-0.3, -0.25) is 4.79 Å². The molecule has 0 amide bonds. The molecule has 0 aliphatic rings. The monoisotopic (exact) mass is 396 g/mol. The fraction of sp³-hybridized carbons (Fsp3) is 0.0800. The lowest BCUT2D eigenvalue weighted by Gasteiger charge is -2.17. The molecular weight excluding hydrogens is 380 g/mol. The van der Waals surface area contributed by atoms with Crippen LogP contribution < -0.4 is 10.2 Å². The Labute approximate surface area is 169 Å². The summed E-state index contributed by atoms with van der Waals surface area (Å²) in [5.74, 6) is 0.753. The Balaban J connectivity index is 1.96. The molecule has 0 saturated carbocycles. The summed E-state index contributed by atoms with van der Waals surface area (Å²) in [7, 11) is 0. The van der Waals surface area contributed by atoms with E-state index in [4.69, 9.17) is 4.74 Å². The van der Waals surface area contributed by atoms with Crippen LogP contribution in [-0.2, 0) is 0 Å². The minimum Gasteiger partial charge on any atom is -0.490 e. The van der Waals surface area contributed by atoms with Crippen molar-refractivity contribution in [3.63, 3.8) is 0 Å². The van der Waals surface area contributed by atoms with Crippen molar-refractivity contribution >= 4 is 63.8 Å². The van der Waals surface area contributed by atoms with Crippen LogP contribution in [0.3, 0.4) is 0 Å². The van der Waals surface area contributed by atoms with Crippen molar-refractivity contribution in [2.75, 3.05) is 13.2 Å². The van der Waals surface area contributed by atoms with Crippen LogP contribution in [0.25, 0.3) is 52.5 Å². The maximum atomic E-state index is 13.3. The van der Waals surface area contributed by atoms with E-state index in [1.165, 1.54) is 10.1 Å². The summed E-state index contributed by atoms with van der Waals surface area (Å²) < 4.78 is 8.16.